The Bertz CT molecular complexity index is 605. The quantitative estimate of drug-likeness (QED) is 0.937. The first-order valence-electron chi connectivity index (χ1n) is 6.32. The second-order valence-corrected chi connectivity index (χ2v) is 5.66. The van der Waals surface area contributed by atoms with Crippen LogP contribution in [0.3, 0.4) is 0 Å². The third-order valence-corrected chi connectivity index (χ3v) is 3.88. The van der Waals surface area contributed by atoms with Crippen molar-refractivity contribution < 1.29 is 4.74 Å². The molecule has 1 aliphatic carbocycles. The maximum Gasteiger partial charge on any atom is 0.148 e. The topological polar surface area (TPSA) is 39.1 Å². The van der Waals surface area contributed by atoms with Crippen molar-refractivity contribution >= 4 is 21.7 Å². The van der Waals surface area contributed by atoms with Crippen LogP contribution >= 0.6 is 15.9 Å². The largest absolute Gasteiger partial charge is 0.496 e. The van der Waals surface area contributed by atoms with Gasteiger partial charge >= 0.3 is 0 Å². The molecular formula is C14H16BrN3O. The van der Waals surface area contributed by atoms with Crippen LogP contribution in [0.5, 0.6) is 5.75 Å². The third kappa shape index (κ3) is 2.61. The molecule has 2 aromatic rings. The lowest BCUT2D eigenvalue weighted by atomic mass is 10.1. The SMILES string of the molecule is COc1ccc(-c2cc(NC3CC3)nn2C)cc1Br. The molecule has 0 atom stereocenters. The summed E-state index contributed by atoms with van der Waals surface area (Å²) in [7, 11) is 3.63. The third-order valence-electron chi connectivity index (χ3n) is 3.26. The minimum atomic E-state index is 0.616. The minimum absolute atomic E-state index is 0.616. The lowest BCUT2D eigenvalue weighted by Crippen LogP contribution is -2.01. The van der Waals surface area contributed by atoms with E-state index in [-0.39, 0.29) is 0 Å². The maximum atomic E-state index is 5.25. The van der Waals surface area contributed by atoms with Gasteiger partial charge in [0.15, 0.2) is 0 Å². The molecule has 1 aliphatic rings. The summed E-state index contributed by atoms with van der Waals surface area (Å²) >= 11 is 3.52. The number of aryl methyl sites for hydroxylation is 1. The van der Waals surface area contributed by atoms with Crippen LogP contribution in [0.4, 0.5) is 5.82 Å². The Morgan fingerprint density at radius 1 is 1.37 bits per heavy atom. The molecule has 3 rings (SSSR count). The van der Waals surface area contributed by atoms with Gasteiger partial charge in [0.05, 0.1) is 17.3 Å². The molecule has 0 spiro atoms. The zero-order valence-corrected chi connectivity index (χ0v) is 12.6. The number of nitrogens with one attached hydrogen (secondary N) is 1. The van der Waals surface area contributed by atoms with E-state index >= 15 is 0 Å². The van der Waals surface area contributed by atoms with E-state index in [4.69, 9.17) is 4.74 Å². The normalized spacial score (nSPS) is 14.5. The van der Waals surface area contributed by atoms with Crippen molar-refractivity contribution in [1.29, 1.82) is 0 Å². The number of rotatable bonds is 4. The van der Waals surface area contributed by atoms with Gasteiger partial charge in [0, 0.05) is 24.7 Å². The highest BCUT2D eigenvalue weighted by atomic mass is 79.9. The number of methoxy groups -OCH3 is 1. The zero-order valence-electron chi connectivity index (χ0n) is 11.0. The van der Waals surface area contributed by atoms with Crippen LogP contribution in [0.15, 0.2) is 28.7 Å². The standard InChI is InChI=1S/C14H16BrN3O/c1-18-12(8-14(17-18)16-10-4-5-10)9-3-6-13(19-2)11(15)7-9/h3,6-8,10H,4-5H2,1-2H3,(H,16,17). The van der Waals surface area contributed by atoms with Crippen molar-refractivity contribution in [3.63, 3.8) is 0 Å². The number of halogens is 1. The highest BCUT2D eigenvalue weighted by Gasteiger charge is 2.22. The molecule has 0 bridgehead atoms. The van der Waals surface area contributed by atoms with Gasteiger partial charge in [0.2, 0.25) is 0 Å². The van der Waals surface area contributed by atoms with Crippen LogP contribution in [0, 0.1) is 0 Å². The first kappa shape index (κ1) is 12.5. The van der Waals surface area contributed by atoms with Gasteiger partial charge in [-0.2, -0.15) is 5.10 Å². The molecule has 0 amide bonds. The molecule has 5 heteroatoms. The molecule has 4 nitrogen and oxygen atoms in total. The second-order valence-electron chi connectivity index (χ2n) is 4.81. The summed E-state index contributed by atoms with van der Waals surface area (Å²) in [4.78, 5) is 0. The van der Waals surface area contributed by atoms with Crippen molar-refractivity contribution in [1.82, 2.24) is 9.78 Å². The molecule has 0 unspecified atom stereocenters. The molecular weight excluding hydrogens is 306 g/mol. The van der Waals surface area contributed by atoms with E-state index in [9.17, 15) is 0 Å². The van der Waals surface area contributed by atoms with Gasteiger partial charge in [0.25, 0.3) is 0 Å². The fourth-order valence-electron chi connectivity index (χ4n) is 2.07. The summed E-state index contributed by atoms with van der Waals surface area (Å²) in [5.41, 5.74) is 2.21. The molecule has 0 aliphatic heterocycles. The van der Waals surface area contributed by atoms with Gasteiger partial charge in [0.1, 0.15) is 11.6 Å². The molecule has 1 N–H and O–H groups in total. The number of ether oxygens (including phenoxy) is 1. The van der Waals surface area contributed by atoms with Crippen molar-refractivity contribution in [2.75, 3.05) is 12.4 Å². The number of hydrogen-bond acceptors (Lipinski definition) is 3. The lowest BCUT2D eigenvalue weighted by molar-refractivity contribution is 0.412. The highest BCUT2D eigenvalue weighted by Crippen LogP contribution is 2.32. The number of nitrogens with zero attached hydrogens (tertiary/aromatic N) is 2. The van der Waals surface area contributed by atoms with E-state index in [1.807, 2.05) is 23.9 Å². The Balaban J connectivity index is 1.91. The van der Waals surface area contributed by atoms with Crippen LogP contribution in [0.1, 0.15) is 12.8 Å². The van der Waals surface area contributed by atoms with Gasteiger partial charge < -0.3 is 10.1 Å². The molecule has 1 aromatic carbocycles. The highest BCUT2D eigenvalue weighted by molar-refractivity contribution is 9.10. The summed E-state index contributed by atoms with van der Waals surface area (Å²) in [6.07, 6.45) is 2.50. The van der Waals surface area contributed by atoms with Crippen molar-refractivity contribution in [2.24, 2.45) is 7.05 Å². The molecule has 1 fully saturated rings. The predicted octanol–water partition coefficient (Wildman–Crippen LogP) is 3.43. The molecule has 100 valence electrons. The molecule has 1 heterocycles. The van der Waals surface area contributed by atoms with E-state index in [0.717, 1.165) is 27.3 Å². The first-order valence-corrected chi connectivity index (χ1v) is 7.11. The molecule has 0 saturated heterocycles. The van der Waals surface area contributed by atoms with Crippen LogP contribution < -0.4 is 10.1 Å². The Kier molecular flexibility index (Phi) is 3.22. The minimum Gasteiger partial charge on any atom is -0.496 e. The van der Waals surface area contributed by atoms with Gasteiger partial charge in [-0.15, -0.1) is 0 Å². The summed E-state index contributed by atoms with van der Waals surface area (Å²) in [5.74, 6) is 1.79. The maximum absolute atomic E-state index is 5.25. The number of hydrogen-bond donors (Lipinski definition) is 1. The summed E-state index contributed by atoms with van der Waals surface area (Å²) < 4.78 is 8.10. The first-order chi connectivity index (χ1) is 9.17. The van der Waals surface area contributed by atoms with E-state index < -0.39 is 0 Å². The summed E-state index contributed by atoms with van der Waals surface area (Å²) in [6, 6.07) is 8.76. The number of aromatic nitrogens is 2. The van der Waals surface area contributed by atoms with E-state index in [1.54, 1.807) is 7.11 Å². The Labute approximate surface area is 120 Å². The fraction of sp³-hybridized carbons (Fsp3) is 0.357. The van der Waals surface area contributed by atoms with Crippen LogP contribution in [0.25, 0.3) is 11.3 Å². The smallest absolute Gasteiger partial charge is 0.148 e. The second kappa shape index (κ2) is 4.89. The molecule has 1 saturated carbocycles. The van der Waals surface area contributed by atoms with Crippen LogP contribution in [-0.4, -0.2) is 22.9 Å². The lowest BCUT2D eigenvalue weighted by Gasteiger charge is -2.06. The zero-order chi connectivity index (χ0) is 13.4. The fourth-order valence-corrected chi connectivity index (χ4v) is 2.61. The van der Waals surface area contributed by atoms with Crippen molar-refractivity contribution in [3.05, 3.63) is 28.7 Å². The van der Waals surface area contributed by atoms with Gasteiger partial charge in [-0.3, -0.25) is 4.68 Å². The number of anilines is 1. The Morgan fingerprint density at radius 2 is 2.16 bits per heavy atom. The number of benzene rings is 1. The van der Waals surface area contributed by atoms with Crippen molar-refractivity contribution in [2.45, 2.75) is 18.9 Å². The summed E-state index contributed by atoms with van der Waals surface area (Å²) in [6.45, 7) is 0. The van der Waals surface area contributed by atoms with Gasteiger partial charge in [-0.25, -0.2) is 0 Å². The Hall–Kier alpha value is -1.49. The van der Waals surface area contributed by atoms with E-state index in [0.29, 0.717) is 6.04 Å². The van der Waals surface area contributed by atoms with E-state index in [2.05, 4.69) is 38.5 Å². The predicted molar refractivity (Wildman–Crippen MR) is 79.5 cm³/mol. The summed E-state index contributed by atoms with van der Waals surface area (Å²) in [5, 5.41) is 7.91. The van der Waals surface area contributed by atoms with Gasteiger partial charge in [-0.05, 0) is 47.0 Å². The monoisotopic (exact) mass is 321 g/mol. The van der Waals surface area contributed by atoms with Gasteiger partial charge in [-0.1, -0.05) is 0 Å². The van der Waals surface area contributed by atoms with Crippen LogP contribution in [-0.2, 0) is 7.05 Å². The average molecular weight is 322 g/mol. The Morgan fingerprint density at radius 3 is 2.79 bits per heavy atom. The van der Waals surface area contributed by atoms with E-state index in [1.165, 1.54) is 12.8 Å². The molecule has 0 radical (unpaired) electrons. The average Bonchev–Trinajstić information content (AvgIpc) is 3.12. The van der Waals surface area contributed by atoms with Crippen LogP contribution in [0.2, 0.25) is 0 Å². The molecule has 1 aromatic heterocycles. The molecule has 19 heavy (non-hydrogen) atoms. The van der Waals surface area contributed by atoms with Crippen molar-refractivity contribution in [3.8, 4) is 17.0 Å².